The van der Waals surface area contributed by atoms with Crippen LogP contribution >= 0.6 is 0 Å². The second-order valence-electron chi connectivity index (χ2n) is 4.88. The van der Waals surface area contributed by atoms with Crippen molar-refractivity contribution in [2.75, 3.05) is 0 Å². The van der Waals surface area contributed by atoms with Gasteiger partial charge in [0.05, 0.1) is 11.9 Å². The Morgan fingerprint density at radius 1 is 1.16 bits per heavy atom. The summed E-state index contributed by atoms with van der Waals surface area (Å²) < 4.78 is 0. The number of dihydropyridines is 1. The van der Waals surface area contributed by atoms with Crippen molar-refractivity contribution in [1.82, 2.24) is 15.5 Å². The summed E-state index contributed by atoms with van der Waals surface area (Å²) in [6.07, 6.45) is 8.20. The number of hydrogen-bond acceptors (Lipinski definition) is 2. The molecule has 3 nitrogen and oxygen atoms in total. The number of rotatable bonds is 2. The predicted molar refractivity (Wildman–Crippen MR) is 78.5 cm³/mol. The molecular weight excluding hydrogens is 234 g/mol. The zero-order chi connectivity index (χ0) is 13.2. The van der Waals surface area contributed by atoms with E-state index in [1.54, 1.807) is 0 Å². The summed E-state index contributed by atoms with van der Waals surface area (Å²) in [4.78, 5) is 0. The first-order chi connectivity index (χ1) is 9.25. The maximum Gasteiger partial charge on any atom is 0.0731 e. The van der Waals surface area contributed by atoms with Crippen LogP contribution < -0.4 is 5.32 Å². The number of aryl methyl sites for hydroxylation is 1. The molecule has 3 heteroatoms. The average Bonchev–Trinajstić information content (AvgIpc) is 2.88. The van der Waals surface area contributed by atoms with Crippen molar-refractivity contribution in [2.45, 2.75) is 19.9 Å². The lowest BCUT2D eigenvalue weighted by molar-refractivity contribution is 0.764. The molecule has 0 amide bonds. The van der Waals surface area contributed by atoms with Crippen LogP contribution in [0.3, 0.4) is 0 Å². The van der Waals surface area contributed by atoms with Crippen LogP contribution in [0.15, 0.2) is 48.8 Å². The summed E-state index contributed by atoms with van der Waals surface area (Å²) in [6.45, 7) is 4.26. The van der Waals surface area contributed by atoms with Crippen molar-refractivity contribution in [3.8, 4) is 11.3 Å². The Morgan fingerprint density at radius 3 is 2.79 bits per heavy atom. The van der Waals surface area contributed by atoms with Crippen LogP contribution in [-0.2, 0) is 0 Å². The van der Waals surface area contributed by atoms with E-state index in [9.17, 15) is 0 Å². The van der Waals surface area contributed by atoms with E-state index in [-0.39, 0.29) is 0 Å². The standard InChI is InChI=1S/C16H17N3/c1-11-5-3-4-6-14(11)16-15(10-18-19-16)13-7-8-17-12(2)9-13/h3-10,12,17H,1-2H3,(H,18,19). The Kier molecular flexibility index (Phi) is 2.95. The van der Waals surface area contributed by atoms with Gasteiger partial charge in [-0.3, -0.25) is 5.10 Å². The van der Waals surface area contributed by atoms with E-state index in [2.05, 4.69) is 65.8 Å². The number of nitrogens with one attached hydrogen (secondary N) is 2. The molecule has 0 fully saturated rings. The summed E-state index contributed by atoms with van der Waals surface area (Å²) in [7, 11) is 0. The van der Waals surface area contributed by atoms with E-state index in [1.165, 1.54) is 16.7 Å². The molecule has 96 valence electrons. The zero-order valence-electron chi connectivity index (χ0n) is 11.1. The number of hydrogen-bond donors (Lipinski definition) is 2. The van der Waals surface area contributed by atoms with Gasteiger partial charge in [0.2, 0.25) is 0 Å². The fraction of sp³-hybridized carbons (Fsp3) is 0.188. The van der Waals surface area contributed by atoms with Gasteiger partial charge in [0.25, 0.3) is 0 Å². The maximum absolute atomic E-state index is 4.22. The Hall–Kier alpha value is -2.29. The number of nitrogens with zero attached hydrogens (tertiary/aromatic N) is 1. The Labute approximate surface area is 113 Å². The number of aromatic amines is 1. The van der Waals surface area contributed by atoms with Gasteiger partial charge in [-0.05, 0) is 37.3 Å². The van der Waals surface area contributed by atoms with Gasteiger partial charge < -0.3 is 5.32 Å². The lowest BCUT2D eigenvalue weighted by Gasteiger charge is -2.15. The molecule has 0 radical (unpaired) electrons. The fourth-order valence-electron chi connectivity index (χ4n) is 2.41. The molecule has 2 N–H and O–H groups in total. The molecule has 2 heterocycles. The molecule has 0 aliphatic carbocycles. The molecule has 19 heavy (non-hydrogen) atoms. The quantitative estimate of drug-likeness (QED) is 0.860. The van der Waals surface area contributed by atoms with Crippen molar-refractivity contribution < 1.29 is 0 Å². The van der Waals surface area contributed by atoms with E-state index < -0.39 is 0 Å². The first-order valence-electron chi connectivity index (χ1n) is 6.50. The van der Waals surface area contributed by atoms with Crippen LogP contribution in [0.1, 0.15) is 18.1 Å². The van der Waals surface area contributed by atoms with Gasteiger partial charge in [-0.2, -0.15) is 5.10 Å². The third-order valence-electron chi connectivity index (χ3n) is 3.42. The molecule has 0 saturated carbocycles. The van der Waals surface area contributed by atoms with Crippen LogP contribution in [0.25, 0.3) is 16.8 Å². The third kappa shape index (κ3) is 2.19. The van der Waals surface area contributed by atoms with Gasteiger partial charge in [-0.1, -0.05) is 30.3 Å². The first kappa shape index (κ1) is 11.8. The second kappa shape index (κ2) is 4.76. The highest BCUT2D eigenvalue weighted by Crippen LogP contribution is 2.30. The minimum absolute atomic E-state index is 0.347. The highest BCUT2D eigenvalue weighted by molar-refractivity contribution is 5.84. The molecule has 0 saturated heterocycles. The Bertz CT molecular complexity index is 650. The van der Waals surface area contributed by atoms with E-state index >= 15 is 0 Å². The minimum Gasteiger partial charge on any atom is -0.385 e. The highest BCUT2D eigenvalue weighted by Gasteiger charge is 2.14. The van der Waals surface area contributed by atoms with Gasteiger partial charge in [-0.25, -0.2) is 0 Å². The van der Waals surface area contributed by atoms with Crippen LogP contribution in [-0.4, -0.2) is 16.2 Å². The fourth-order valence-corrected chi connectivity index (χ4v) is 2.41. The van der Waals surface area contributed by atoms with Gasteiger partial charge in [0.15, 0.2) is 0 Å². The van der Waals surface area contributed by atoms with Crippen molar-refractivity contribution in [1.29, 1.82) is 0 Å². The number of allylic oxidation sites excluding steroid dienone is 2. The minimum atomic E-state index is 0.347. The predicted octanol–water partition coefficient (Wildman–Crippen LogP) is 3.27. The summed E-state index contributed by atoms with van der Waals surface area (Å²) in [5.41, 5.74) is 5.90. The van der Waals surface area contributed by atoms with E-state index in [0.29, 0.717) is 6.04 Å². The van der Waals surface area contributed by atoms with Crippen molar-refractivity contribution in [3.05, 3.63) is 59.9 Å². The molecule has 3 rings (SSSR count). The number of aromatic nitrogens is 2. The summed E-state index contributed by atoms with van der Waals surface area (Å²) in [6, 6.07) is 8.71. The Balaban J connectivity index is 2.09. The van der Waals surface area contributed by atoms with Gasteiger partial charge in [-0.15, -0.1) is 0 Å². The van der Waals surface area contributed by atoms with Gasteiger partial charge >= 0.3 is 0 Å². The Morgan fingerprint density at radius 2 is 2.00 bits per heavy atom. The molecule has 1 aliphatic heterocycles. The van der Waals surface area contributed by atoms with Crippen molar-refractivity contribution in [2.24, 2.45) is 0 Å². The molecular formula is C16H17N3. The topological polar surface area (TPSA) is 40.7 Å². The van der Waals surface area contributed by atoms with Gasteiger partial charge in [0, 0.05) is 17.2 Å². The molecule has 0 bridgehead atoms. The van der Waals surface area contributed by atoms with E-state index in [0.717, 1.165) is 11.3 Å². The molecule has 1 aromatic heterocycles. The van der Waals surface area contributed by atoms with E-state index in [4.69, 9.17) is 0 Å². The lowest BCUT2D eigenvalue weighted by Crippen LogP contribution is -2.20. The largest absolute Gasteiger partial charge is 0.385 e. The molecule has 0 spiro atoms. The molecule has 1 unspecified atom stereocenters. The number of benzene rings is 1. The lowest BCUT2D eigenvalue weighted by atomic mass is 9.96. The molecule has 1 aromatic carbocycles. The summed E-state index contributed by atoms with van der Waals surface area (Å²) >= 11 is 0. The summed E-state index contributed by atoms with van der Waals surface area (Å²) in [5, 5.41) is 10.6. The second-order valence-corrected chi connectivity index (χ2v) is 4.88. The molecule has 2 aromatic rings. The van der Waals surface area contributed by atoms with Gasteiger partial charge in [0.1, 0.15) is 0 Å². The van der Waals surface area contributed by atoms with Crippen molar-refractivity contribution in [3.63, 3.8) is 0 Å². The normalized spacial score (nSPS) is 18.0. The van der Waals surface area contributed by atoms with E-state index in [1.807, 2.05) is 12.4 Å². The average molecular weight is 251 g/mol. The third-order valence-corrected chi connectivity index (χ3v) is 3.42. The number of H-pyrrole nitrogens is 1. The van der Waals surface area contributed by atoms with Crippen molar-refractivity contribution >= 4 is 5.57 Å². The van der Waals surface area contributed by atoms with Crippen LogP contribution in [0.2, 0.25) is 0 Å². The molecule has 1 atom stereocenters. The SMILES string of the molecule is Cc1ccccc1-c1[nH]ncc1C1=CC(C)NC=C1. The van der Waals surface area contributed by atoms with Crippen LogP contribution in [0, 0.1) is 6.92 Å². The smallest absolute Gasteiger partial charge is 0.0731 e. The summed E-state index contributed by atoms with van der Waals surface area (Å²) in [5.74, 6) is 0. The van der Waals surface area contributed by atoms with Crippen LogP contribution in [0.4, 0.5) is 0 Å². The monoisotopic (exact) mass is 251 g/mol. The maximum atomic E-state index is 4.22. The molecule has 1 aliphatic rings. The first-order valence-corrected chi connectivity index (χ1v) is 6.50. The van der Waals surface area contributed by atoms with Crippen LogP contribution in [0.5, 0.6) is 0 Å². The zero-order valence-corrected chi connectivity index (χ0v) is 11.1. The highest BCUT2D eigenvalue weighted by atomic mass is 15.1.